The van der Waals surface area contributed by atoms with Crippen LogP contribution in [-0.4, -0.2) is 0 Å². The third-order valence-electron chi connectivity index (χ3n) is 6.88. The Bertz CT molecular complexity index is 1720. The molecule has 6 aromatic rings. The van der Waals surface area contributed by atoms with E-state index >= 15 is 0 Å². The molecule has 0 aromatic heterocycles. The summed E-state index contributed by atoms with van der Waals surface area (Å²) < 4.78 is 18.6. The highest BCUT2D eigenvalue weighted by Gasteiger charge is 2.11. The molecule has 0 aliphatic rings. The first-order chi connectivity index (χ1) is 20.7. The van der Waals surface area contributed by atoms with E-state index in [2.05, 4.69) is 72.8 Å². The smallest absolute Gasteiger partial charge is 0.165 e. The number of ether oxygens (including phenoxy) is 3. The van der Waals surface area contributed by atoms with E-state index < -0.39 is 0 Å². The van der Waals surface area contributed by atoms with Crippen LogP contribution in [0.2, 0.25) is 5.02 Å². The van der Waals surface area contributed by atoms with Gasteiger partial charge >= 0.3 is 0 Å². The molecule has 206 valence electrons. The summed E-state index contributed by atoms with van der Waals surface area (Å²) in [6.45, 7) is 0.802. The highest BCUT2D eigenvalue weighted by atomic mass is 35.5. The molecule has 0 fully saturated rings. The van der Waals surface area contributed by atoms with Crippen LogP contribution in [-0.2, 0) is 13.2 Å². The first-order valence-corrected chi connectivity index (χ1v) is 14.2. The zero-order chi connectivity index (χ0) is 28.6. The van der Waals surface area contributed by atoms with Crippen LogP contribution in [0.25, 0.3) is 22.3 Å². The maximum absolute atomic E-state index is 6.31. The predicted octanol–water partition coefficient (Wildman–Crippen LogP) is 10.6. The first-order valence-electron chi connectivity index (χ1n) is 13.8. The second kappa shape index (κ2) is 13.1. The minimum Gasteiger partial charge on any atom is -0.485 e. The van der Waals surface area contributed by atoms with E-state index in [9.17, 15) is 0 Å². The van der Waals surface area contributed by atoms with E-state index in [1.165, 1.54) is 22.3 Å². The van der Waals surface area contributed by atoms with Gasteiger partial charge in [0.25, 0.3) is 0 Å². The summed E-state index contributed by atoms with van der Waals surface area (Å²) in [4.78, 5) is 0. The molecule has 0 spiro atoms. The van der Waals surface area contributed by atoms with E-state index in [-0.39, 0.29) is 0 Å². The number of halogens is 1. The van der Waals surface area contributed by atoms with E-state index in [1.807, 2.05) is 66.7 Å². The lowest BCUT2D eigenvalue weighted by molar-refractivity contribution is 0.255. The lowest BCUT2D eigenvalue weighted by Crippen LogP contribution is -2.01. The van der Waals surface area contributed by atoms with E-state index in [0.29, 0.717) is 41.2 Å². The zero-order valence-corrected chi connectivity index (χ0v) is 23.7. The minimum atomic E-state index is 0.390. The van der Waals surface area contributed by atoms with Crippen molar-refractivity contribution in [3.8, 4) is 45.3 Å². The molecule has 0 aliphatic carbocycles. The fraction of sp³-hybridized carbons (Fsp3) is 0.0526. The Morgan fingerprint density at radius 3 is 1.38 bits per heavy atom. The highest BCUT2D eigenvalue weighted by molar-refractivity contribution is 6.30. The third-order valence-corrected chi connectivity index (χ3v) is 7.13. The standard InChI is InChI=1S/C38H29ClO3/c39-34-19-21-35(22-20-34)42-36-23-24-37(40-26-28-11-15-32(16-12-28)30-7-3-1-4-8-30)38(25-36)41-27-29-13-17-33(18-14-29)31-9-5-2-6-10-31/h1-25H,26-27H2. The van der Waals surface area contributed by atoms with Crippen LogP contribution in [0.3, 0.4) is 0 Å². The van der Waals surface area contributed by atoms with Gasteiger partial charge in [0.2, 0.25) is 0 Å². The fourth-order valence-electron chi connectivity index (χ4n) is 4.59. The van der Waals surface area contributed by atoms with Gasteiger partial charge in [-0.25, -0.2) is 0 Å². The van der Waals surface area contributed by atoms with Crippen molar-refractivity contribution in [1.82, 2.24) is 0 Å². The molecular formula is C38H29ClO3. The van der Waals surface area contributed by atoms with Crippen molar-refractivity contribution < 1.29 is 14.2 Å². The summed E-state index contributed by atoms with van der Waals surface area (Å²) in [5.41, 5.74) is 6.84. The maximum atomic E-state index is 6.31. The molecule has 0 unspecified atom stereocenters. The predicted molar refractivity (Wildman–Crippen MR) is 170 cm³/mol. The number of benzene rings is 6. The van der Waals surface area contributed by atoms with Crippen LogP contribution in [0.15, 0.2) is 152 Å². The molecule has 0 aliphatic heterocycles. The Labute approximate surface area is 251 Å². The lowest BCUT2D eigenvalue weighted by atomic mass is 10.0. The maximum Gasteiger partial charge on any atom is 0.165 e. The van der Waals surface area contributed by atoms with Gasteiger partial charge in [-0.2, -0.15) is 0 Å². The summed E-state index contributed by atoms with van der Waals surface area (Å²) in [5.74, 6) is 2.58. The Balaban J connectivity index is 1.18. The van der Waals surface area contributed by atoms with Gasteiger partial charge < -0.3 is 14.2 Å². The Kier molecular flexibility index (Phi) is 8.49. The van der Waals surface area contributed by atoms with Gasteiger partial charge in [0.15, 0.2) is 11.5 Å². The van der Waals surface area contributed by atoms with Crippen molar-refractivity contribution in [1.29, 1.82) is 0 Å². The molecule has 3 nitrogen and oxygen atoms in total. The summed E-state index contributed by atoms with van der Waals surface area (Å²) in [6.07, 6.45) is 0. The molecule has 0 radical (unpaired) electrons. The molecule has 6 rings (SSSR count). The van der Waals surface area contributed by atoms with Gasteiger partial charge in [0.05, 0.1) is 0 Å². The van der Waals surface area contributed by atoms with Crippen LogP contribution in [0, 0.1) is 0 Å². The first kappa shape index (κ1) is 27.2. The van der Waals surface area contributed by atoms with Gasteiger partial charge in [0.1, 0.15) is 24.7 Å². The van der Waals surface area contributed by atoms with Crippen LogP contribution in [0.4, 0.5) is 0 Å². The average molecular weight is 569 g/mol. The summed E-state index contributed by atoms with van der Waals surface area (Å²) >= 11 is 6.04. The quantitative estimate of drug-likeness (QED) is 0.164. The van der Waals surface area contributed by atoms with Crippen LogP contribution < -0.4 is 14.2 Å². The van der Waals surface area contributed by atoms with Crippen molar-refractivity contribution in [3.05, 3.63) is 168 Å². The normalized spacial score (nSPS) is 10.7. The molecule has 0 bridgehead atoms. The number of rotatable bonds is 10. The van der Waals surface area contributed by atoms with E-state index in [1.54, 1.807) is 12.1 Å². The topological polar surface area (TPSA) is 27.7 Å². The molecule has 0 saturated heterocycles. The van der Waals surface area contributed by atoms with Crippen molar-refractivity contribution in [3.63, 3.8) is 0 Å². The SMILES string of the molecule is Clc1ccc(Oc2ccc(OCc3ccc(-c4ccccc4)cc3)c(OCc3ccc(-c4ccccc4)cc3)c2)cc1. The molecule has 0 amide bonds. The lowest BCUT2D eigenvalue weighted by Gasteiger charge is -2.15. The van der Waals surface area contributed by atoms with Crippen LogP contribution in [0.5, 0.6) is 23.0 Å². The second-order valence-corrected chi connectivity index (χ2v) is 10.3. The van der Waals surface area contributed by atoms with E-state index in [4.69, 9.17) is 25.8 Å². The number of hydrogen-bond acceptors (Lipinski definition) is 3. The van der Waals surface area contributed by atoms with Crippen molar-refractivity contribution in [2.24, 2.45) is 0 Å². The Morgan fingerprint density at radius 1 is 0.405 bits per heavy atom. The molecule has 42 heavy (non-hydrogen) atoms. The van der Waals surface area contributed by atoms with Gasteiger partial charge in [-0.05, 0) is 69.8 Å². The third kappa shape index (κ3) is 7.01. The van der Waals surface area contributed by atoms with Crippen LogP contribution in [0.1, 0.15) is 11.1 Å². The molecule has 0 saturated carbocycles. The zero-order valence-electron chi connectivity index (χ0n) is 23.0. The molecule has 0 N–H and O–H groups in total. The van der Waals surface area contributed by atoms with Crippen molar-refractivity contribution >= 4 is 11.6 Å². The van der Waals surface area contributed by atoms with Gasteiger partial charge in [-0.1, -0.05) is 121 Å². The number of hydrogen-bond donors (Lipinski definition) is 0. The Morgan fingerprint density at radius 2 is 0.857 bits per heavy atom. The monoisotopic (exact) mass is 568 g/mol. The van der Waals surface area contributed by atoms with Gasteiger partial charge in [0, 0.05) is 11.1 Å². The van der Waals surface area contributed by atoms with Gasteiger partial charge in [-0.3, -0.25) is 0 Å². The molecule has 0 heterocycles. The van der Waals surface area contributed by atoms with Crippen molar-refractivity contribution in [2.75, 3.05) is 0 Å². The molecular weight excluding hydrogens is 540 g/mol. The van der Waals surface area contributed by atoms with Crippen LogP contribution >= 0.6 is 11.6 Å². The molecule has 4 heteroatoms. The average Bonchev–Trinajstić information content (AvgIpc) is 3.06. The molecule has 6 aromatic carbocycles. The largest absolute Gasteiger partial charge is 0.485 e. The Hall–Kier alpha value is -4.99. The van der Waals surface area contributed by atoms with Crippen molar-refractivity contribution in [2.45, 2.75) is 13.2 Å². The van der Waals surface area contributed by atoms with E-state index in [0.717, 1.165) is 11.1 Å². The summed E-state index contributed by atoms with van der Waals surface area (Å²) in [7, 11) is 0. The minimum absolute atomic E-state index is 0.390. The highest BCUT2D eigenvalue weighted by Crippen LogP contribution is 2.35. The summed E-state index contributed by atoms with van der Waals surface area (Å²) in [5, 5.41) is 0.658. The fourth-order valence-corrected chi connectivity index (χ4v) is 4.72. The molecule has 0 atom stereocenters. The van der Waals surface area contributed by atoms with Gasteiger partial charge in [-0.15, -0.1) is 0 Å². The summed E-state index contributed by atoms with van der Waals surface area (Å²) in [6, 6.07) is 50.4. The second-order valence-electron chi connectivity index (χ2n) is 9.87.